The molecule has 1 N–H and O–H groups in total. The molecule has 0 aromatic heterocycles. The molecule has 23 heavy (non-hydrogen) atoms. The van der Waals surface area contributed by atoms with Crippen LogP contribution in [0.5, 0.6) is 0 Å². The summed E-state index contributed by atoms with van der Waals surface area (Å²) in [6, 6.07) is -0.865. The molecule has 9 heteroatoms. The molecule has 0 aliphatic carbocycles. The highest BCUT2D eigenvalue weighted by molar-refractivity contribution is 6.21. The monoisotopic (exact) mass is 323 g/mol. The van der Waals surface area contributed by atoms with E-state index < -0.39 is 6.04 Å². The summed E-state index contributed by atoms with van der Waals surface area (Å²) >= 11 is 0. The van der Waals surface area contributed by atoms with Gasteiger partial charge in [0.1, 0.15) is 6.67 Å². The topological polar surface area (TPSA) is 82.7 Å². The van der Waals surface area contributed by atoms with E-state index >= 15 is 0 Å². The lowest BCUT2D eigenvalue weighted by molar-refractivity contribution is -0.552. The number of nitrogens with zero attached hydrogens (tertiary/aromatic N) is 6. The molecule has 0 bridgehead atoms. The first-order chi connectivity index (χ1) is 11.0. The Bertz CT molecular complexity index is 567. The zero-order valence-corrected chi connectivity index (χ0v) is 13.6. The number of urea groups is 1. The van der Waals surface area contributed by atoms with Gasteiger partial charge in [0.05, 0.1) is 6.61 Å². The third-order valence-electron chi connectivity index (χ3n) is 4.64. The fourth-order valence-electron chi connectivity index (χ4n) is 3.19. The molecule has 0 saturated carbocycles. The molecule has 0 radical (unpaired) electrons. The van der Waals surface area contributed by atoms with Crippen molar-refractivity contribution >= 4 is 24.1 Å². The summed E-state index contributed by atoms with van der Waals surface area (Å²) in [5, 5.41) is 8.99. The van der Waals surface area contributed by atoms with Crippen molar-refractivity contribution < 1.29 is 19.3 Å². The summed E-state index contributed by atoms with van der Waals surface area (Å²) in [7, 11) is 3.14. The number of carbonyl (C=O) groups is 2. The number of β-amino-alcohol motifs (C(OH)–C–C–N with tert-alkyl or cyclic N) is 1. The molecule has 3 heterocycles. The number of likely N-dealkylation sites (N-methyl/N-ethyl adjacent to an activating group) is 2. The first-order valence-corrected chi connectivity index (χ1v) is 7.80. The molecule has 126 valence electrons. The largest absolute Gasteiger partial charge is 0.395 e. The second-order valence-corrected chi connectivity index (χ2v) is 6.08. The Balaban J connectivity index is 1.63. The number of aliphatic imine (C=N–C) groups is 1. The van der Waals surface area contributed by atoms with E-state index in [-0.39, 0.29) is 18.5 Å². The molecule has 2 fully saturated rings. The summed E-state index contributed by atoms with van der Waals surface area (Å²) in [4.78, 5) is 35.7. The van der Waals surface area contributed by atoms with Gasteiger partial charge in [-0.1, -0.05) is 0 Å². The van der Waals surface area contributed by atoms with Crippen LogP contribution in [0.15, 0.2) is 4.99 Å². The van der Waals surface area contributed by atoms with Gasteiger partial charge in [0, 0.05) is 46.8 Å². The minimum atomic E-state index is -0.516. The number of piperazine rings is 1. The Morgan fingerprint density at radius 2 is 1.83 bits per heavy atom. The van der Waals surface area contributed by atoms with Crippen LogP contribution in [0.25, 0.3) is 0 Å². The summed E-state index contributed by atoms with van der Waals surface area (Å²) < 4.78 is 1.89. The molecule has 2 saturated heterocycles. The SMILES string of the molecule is CN1C(=O)C2C(=NC=[N+]2CN2CCN(CCO)CC2)N(C)C1=O. The van der Waals surface area contributed by atoms with Gasteiger partial charge in [-0.25, -0.2) is 9.37 Å². The van der Waals surface area contributed by atoms with E-state index in [9.17, 15) is 9.59 Å². The molecular formula is C14H23N6O3+. The maximum atomic E-state index is 12.4. The van der Waals surface area contributed by atoms with Crippen LogP contribution in [0.2, 0.25) is 0 Å². The Morgan fingerprint density at radius 1 is 1.17 bits per heavy atom. The highest BCUT2D eigenvalue weighted by Gasteiger charge is 2.50. The van der Waals surface area contributed by atoms with E-state index in [0.29, 0.717) is 19.0 Å². The average molecular weight is 323 g/mol. The zero-order valence-electron chi connectivity index (χ0n) is 13.6. The standard InChI is InChI=1S/C14H23N6O3/c1-16-12-11(13(22)17(2)14(16)23)20(9-15-12)10-19-5-3-18(4-6-19)7-8-21/h9,11,21H,3-8,10H2,1-2H3/q+1. The van der Waals surface area contributed by atoms with E-state index in [1.165, 1.54) is 11.9 Å². The van der Waals surface area contributed by atoms with Crippen molar-refractivity contribution in [3.63, 3.8) is 0 Å². The van der Waals surface area contributed by atoms with Crippen molar-refractivity contribution in [2.24, 2.45) is 4.99 Å². The van der Waals surface area contributed by atoms with Crippen LogP contribution in [0.3, 0.4) is 0 Å². The maximum absolute atomic E-state index is 12.4. The number of amides is 3. The normalized spacial score (nSPS) is 26.5. The first-order valence-electron chi connectivity index (χ1n) is 7.80. The van der Waals surface area contributed by atoms with Gasteiger partial charge in [-0.3, -0.25) is 24.4 Å². The van der Waals surface area contributed by atoms with Gasteiger partial charge in [0.2, 0.25) is 0 Å². The number of imide groups is 1. The second-order valence-electron chi connectivity index (χ2n) is 6.08. The smallest absolute Gasteiger partial charge is 0.333 e. The summed E-state index contributed by atoms with van der Waals surface area (Å²) in [5.41, 5.74) is 0. The molecule has 0 spiro atoms. The zero-order chi connectivity index (χ0) is 16.6. The lowest BCUT2D eigenvalue weighted by atomic mass is 10.1. The number of fused-ring (bicyclic) bond motifs is 1. The lowest BCUT2D eigenvalue weighted by Gasteiger charge is -2.35. The Kier molecular flexibility index (Phi) is 4.42. The average Bonchev–Trinajstić information content (AvgIpc) is 2.97. The van der Waals surface area contributed by atoms with Gasteiger partial charge in [0.15, 0.2) is 0 Å². The molecule has 0 aromatic carbocycles. The fraction of sp³-hybridized carbons (Fsp3) is 0.714. The number of hydrogen-bond acceptors (Lipinski definition) is 6. The van der Waals surface area contributed by atoms with Crippen LogP contribution in [0.1, 0.15) is 0 Å². The van der Waals surface area contributed by atoms with Gasteiger partial charge in [-0.2, -0.15) is 0 Å². The Morgan fingerprint density at radius 3 is 2.48 bits per heavy atom. The molecule has 3 amide bonds. The quantitative estimate of drug-likeness (QED) is 0.599. The predicted molar refractivity (Wildman–Crippen MR) is 83.4 cm³/mol. The number of carbonyl (C=O) groups excluding carboxylic acids is 2. The van der Waals surface area contributed by atoms with Gasteiger partial charge >= 0.3 is 6.03 Å². The predicted octanol–water partition coefficient (Wildman–Crippen LogP) is -2.10. The fourth-order valence-corrected chi connectivity index (χ4v) is 3.19. The number of aliphatic hydroxyl groups is 1. The first kappa shape index (κ1) is 16.0. The molecular weight excluding hydrogens is 300 g/mol. The molecule has 3 aliphatic rings. The van der Waals surface area contributed by atoms with Gasteiger partial charge in [-0.15, -0.1) is 0 Å². The number of amidine groups is 1. The third kappa shape index (κ3) is 2.87. The van der Waals surface area contributed by atoms with Crippen molar-refractivity contribution in [1.29, 1.82) is 0 Å². The van der Waals surface area contributed by atoms with E-state index in [4.69, 9.17) is 5.11 Å². The molecule has 3 rings (SSSR count). The molecule has 3 aliphatic heterocycles. The van der Waals surface area contributed by atoms with Crippen molar-refractivity contribution in [1.82, 2.24) is 19.6 Å². The minimum absolute atomic E-state index is 0.181. The molecule has 9 nitrogen and oxygen atoms in total. The maximum Gasteiger partial charge on any atom is 0.333 e. The van der Waals surface area contributed by atoms with Gasteiger partial charge in [-0.05, 0) is 4.99 Å². The second kappa shape index (κ2) is 6.34. The minimum Gasteiger partial charge on any atom is -0.395 e. The van der Waals surface area contributed by atoms with Crippen molar-refractivity contribution in [2.75, 3.05) is 60.1 Å². The Labute approximate surface area is 135 Å². The summed E-state index contributed by atoms with van der Waals surface area (Å²) in [6.45, 7) is 5.05. The van der Waals surface area contributed by atoms with Crippen molar-refractivity contribution in [3.05, 3.63) is 0 Å². The van der Waals surface area contributed by atoms with E-state index in [1.54, 1.807) is 13.4 Å². The number of rotatable bonds is 4. The van der Waals surface area contributed by atoms with E-state index in [1.807, 2.05) is 4.58 Å². The van der Waals surface area contributed by atoms with Gasteiger partial charge < -0.3 is 5.11 Å². The van der Waals surface area contributed by atoms with Crippen LogP contribution in [-0.2, 0) is 4.79 Å². The van der Waals surface area contributed by atoms with Crippen LogP contribution in [-0.4, -0.2) is 120 Å². The summed E-state index contributed by atoms with van der Waals surface area (Å²) in [6.07, 6.45) is 1.65. The Hall–Kier alpha value is -1.84. The molecule has 1 atom stereocenters. The van der Waals surface area contributed by atoms with Crippen molar-refractivity contribution in [3.8, 4) is 0 Å². The van der Waals surface area contributed by atoms with Crippen LogP contribution >= 0.6 is 0 Å². The van der Waals surface area contributed by atoms with Crippen LogP contribution in [0, 0.1) is 0 Å². The highest BCUT2D eigenvalue weighted by Crippen LogP contribution is 2.17. The third-order valence-corrected chi connectivity index (χ3v) is 4.64. The van der Waals surface area contributed by atoms with Gasteiger partial charge in [0.25, 0.3) is 24.1 Å². The highest BCUT2D eigenvalue weighted by atomic mass is 16.3. The lowest BCUT2D eigenvalue weighted by Crippen LogP contribution is -2.62. The molecule has 1 unspecified atom stereocenters. The summed E-state index contributed by atoms with van der Waals surface area (Å²) in [5.74, 6) is 0.261. The molecule has 0 aromatic rings. The van der Waals surface area contributed by atoms with E-state index in [0.717, 1.165) is 31.1 Å². The van der Waals surface area contributed by atoms with Crippen molar-refractivity contribution in [2.45, 2.75) is 6.04 Å². The van der Waals surface area contributed by atoms with Crippen LogP contribution in [0.4, 0.5) is 4.79 Å². The van der Waals surface area contributed by atoms with E-state index in [2.05, 4.69) is 14.8 Å². The number of aliphatic hydroxyl groups excluding tert-OH is 1. The van der Waals surface area contributed by atoms with Crippen LogP contribution < -0.4 is 0 Å². The number of hydrogen-bond donors (Lipinski definition) is 1.